The minimum absolute atomic E-state index is 0.0708. The van der Waals surface area contributed by atoms with Crippen LogP contribution in [0.5, 0.6) is 0 Å². The van der Waals surface area contributed by atoms with Crippen LogP contribution in [-0.2, 0) is 13.0 Å². The van der Waals surface area contributed by atoms with Crippen molar-refractivity contribution in [3.63, 3.8) is 0 Å². The summed E-state index contributed by atoms with van der Waals surface area (Å²) in [4.78, 5) is 36.3. The van der Waals surface area contributed by atoms with Gasteiger partial charge in [-0.2, -0.15) is 5.10 Å². The molecule has 2 N–H and O–H groups in total. The zero-order valence-electron chi connectivity index (χ0n) is 17.5. The van der Waals surface area contributed by atoms with Crippen molar-refractivity contribution in [2.45, 2.75) is 13.0 Å². The molecule has 2 aliphatic heterocycles. The minimum Gasteiger partial charge on any atom is -0.341 e. The van der Waals surface area contributed by atoms with Crippen molar-refractivity contribution in [1.29, 1.82) is 0 Å². The summed E-state index contributed by atoms with van der Waals surface area (Å²) in [5.41, 5.74) is 3.99. The molecule has 0 atom stereocenters. The van der Waals surface area contributed by atoms with Crippen LogP contribution in [-0.4, -0.2) is 56.6 Å². The highest BCUT2D eigenvalue weighted by molar-refractivity contribution is 6.05. The number of benzene rings is 1. The molecule has 0 saturated heterocycles. The van der Waals surface area contributed by atoms with E-state index in [-0.39, 0.29) is 11.8 Å². The van der Waals surface area contributed by atoms with E-state index in [1.54, 1.807) is 17.2 Å². The van der Waals surface area contributed by atoms with E-state index in [1.807, 2.05) is 42.1 Å². The Morgan fingerprint density at radius 3 is 2.91 bits per heavy atom. The molecule has 2 aliphatic rings. The van der Waals surface area contributed by atoms with Crippen molar-refractivity contribution in [3.8, 4) is 0 Å². The molecule has 1 aromatic carbocycles. The molecule has 160 valence electrons. The number of aromatic amines is 1. The third-order valence-electron chi connectivity index (χ3n) is 6.14. The van der Waals surface area contributed by atoms with E-state index in [0.29, 0.717) is 17.2 Å². The van der Waals surface area contributed by atoms with Crippen molar-refractivity contribution >= 4 is 40.2 Å². The second kappa shape index (κ2) is 6.94. The Labute approximate surface area is 183 Å². The highest BCUT2D eigenvalue weighted by Crippen LogP contribution is 2.34. The van der Waals surface area contributed by atoms with E-state index in [4.69, 9.17) is 0 Å². The third kappa shape index (κ3) is 2.93. The summed E-state index contributed by atoms with van der Waals surface area (Å²) in [6, 6.07) is 13.4. The summed E-state index contributed by atoms with van der Waals surface area (Å²) in [5, 5.41) is 8.31. The van der Waals surface area contributed by atoms with Gasteiger partial charge in [0.25, 0.3) is 11.8 Å². The predicted octanol–water partition coefficient (Wildman–Crippen LogP) is 2.79. The van der Waals surface area contributed by atoms with Crippen LogP contribution in [0.25, 0.3) is 11.0 Å². The largest absolute Gasteiger partial charge is 0.341 e. The lowest BCUT2D eigenvalue weighted by Crippen LogP contribution is -2.34. The monoisotopic (exact) mass is 427 g/mol. The van der Waals surface area contributed by atoms with Gasteiger partial charge in [0.05, 0.1) is 6.54 Å². The number of nitrogens with one attached hydrogen (secondary N) is 2. The number of fused-ring (bicyclic) bond motifs is 3. The standard InChI is InChI=1S/C23H21N7O2/c1-28-8-6-14-11-16(4-5-17(14)23(28)32)29-9-10-30-20(29)13-19(27-30)26-22(31)18-12-15-3-2-7-24-21(15)25-18/h2-5,7,11-13H,6,8-10H2,1H3,(H,24,25)(H,26,27,31). The Kier molecular flexibility index (Phi) is 4.04. The number of H-pyrrole nitrogens is 1. The SMILES string of the molecule is CN1CCc2cc(N3CCn4nc(NC(=O)c5cc6cccnc6[nH]5)cc43)ccc2C1=O. The lowest BCUT2D eigenvalue weighted by atomic mass is 9.98. The Bertz CT molecular complexity index is 1350. The van der Waals surface area contributed by atoms with Gasteiger partial charge in [0.15, 0.2) is 5.82 Å². The van der Waals surface area contributed by atoms with Gasteiger partial charge in [0.2, 0.25) is 0 Å². The predicted molar refractivity (Wildman–Crippen MR) is 120 cm³/mol. The minimum atomic E-state index is -0.261. The molecule has 4 aromatic rings. The van der Waals surface area contributed by atoms with Gasteiger partial charge in [-0.3, -0.25) is 9.59 Å². The fourth-order valence-corrected chi connectivity index (χ4v) is 4.44. The molecule has 32 heavy (non-hydrogen) atoms. The number of hydrogen-bond acceptors (Lipinski definition) is 5. The van der Waals surface area contributed by atoms with E-state index >= 15 is 0 Å². The van der Waals surface area contributed by atoms with Crippen LogP contribution in [0, 0.1) is 0 Å². The Hall–Kier alpha value is -4.14. The number of likely N-dealkylation sites (N-methyl/N-ethyl adjacent to an activating group) is 1. The van der Waals surface area contributed by atoms with Gasteiger partial charge >= 0.3 is 0 Å². The maximum atomic E-state index is 12.7. The average molecular weight is 427 g/mol. The molecular weight excluding hydrogens is 406 g/mol. The van der Waals surface area contributed by atoms with Crippen molar-refractivity contribution in [2.75, 3.05) is 30.4 Å². The van der Waals surface area contributed by atoms with Gasteiger partial charge in [0, 0.05) is 49.0 Å². The lowest BCUT2D eigenvalue weighted by Gasteiger charge is -2.26. The smallest absolute Gasteiger partial charge is 0.273 e. The summed E-state index contributed by atoms with van der Waals surface area (Å²) in [6.07, 6.45) is 2.53. The Balaban J connectivity index is 1.25. The molecular formula is C23H21N7O2. The van der Waals surface area contributed by atoms with Crippen LogP contribution >= 0.6 is 0 Å². The van der Waals surface area contributed by atoms with Gasteiger partial charge < -0.3 is 20.1 Å². The molecule has 3 aromatic heterocycles. The molecule has 0 fully saturated rings. The molecule has 0 spiro atoms. The molecule has 0 radical (unpaired) electrons. The van der Waals surface area contributed by atoms with Gasteiger partial charge in [-0.25, -0.2) is 9.67 Å². The fourth-order valence-electron chi connectivity index (χ4n) is 4.44. The lowest BCUT2D eigenvalue weighted by molar-refractivity contribution is 0.0780. The molecule has 0 bridgehead atoms. The van der Waals surface area contributed by atoms with Crippen molar-refractivity contribution in [2.24, 2.45) is 0 Å². The number of amides is 2. The Morgan fingerprint density at radius 2 is 2.03 bits per heavy atom. The quantitative estimate of drug-likeness (QED) is 0.524. The summed E-state index contributed by atoms with van der Waals surface area (Å²) in [6.45, 7) is 2.24. The van der Waals surface area contributed by atoms with Crippen molar-refractivity contribution < 1.29 is 9.59 Å². The number of hydrogen-bond donors (Lipinski definition) is 2. The molecule has 5 heterocycles. The van der Waals surface area contributed by atoms with Gasteiger partial charge in [-0.05, 0) is 48.4 Å². The van der Waals surface area contributed by atoms with E-state index in [2.05, 4.69) is 31.3 Å². The zero-order chi connectivity index (χ0) is 21.8. The molecule has 0 saturated carbocycles. The number of pyridine rings is 1. The van der Waals surface area contributed by atoms with E-state index < -0.39 is 0 Å². The van der Waals surface area contributed by atoms with Crippen LogP contribution in [0.4, 0.5) is 17.3 Å². The number of aromatic nitrogens is 4. The summed E-state index contributed by atoms with van der Waals surface area (Å²) < 4.78 is 1.89. The first-order chi connectivity index (χ1) is 15.6. The molecule has 0 unspecified atom stereocenters. The molecule has 0 aliphatic carbocycles. The maximum absolute atomic E-state index is 12.7. The number of nitrogens with zero attached hydrogens (tertiary/aromatic N) is 5. The average Bonchev–Trinajstić information content (AvgIpc) is 3.50. The van der Waals surface area contributed by atoms with E-state index in [9.17, 15) is 9.59 Å². The van der Waals surface area contributed by atoms with Gasteiger partial charge in [-0.1, -0.05) is 0 Å². The van der Waals surface area contributed by atoms with Crippen LogP contribution < -0.4 is 10.2 Å². The zero-order valence-corrected chi connectivity index (χ0v) is 17.5. The summed E-state index contributed by atoms with van der Waals surface area (Å²) in [5.74, 6) is 1.22. The third-order valence-corrected chi connectivity index (χ3v) is 6.14. The molecule has 9 heteroatoms. The summed E-state index contributed by atoms with van der Waals surface area (Å²) in [7, 11) is 1.83. The van der Waals surface area contributed by atoms with Gasteiger partial charge in [-0.15, -0.1) is 0 Å². The number of carbonyl (C=O) groups is 2. The highest BCUT2D eigenvalue weighted by atomic mass is 16.2. The van der Waals surface area contributed by atoms with Crippen LogP contribution in [0.2, 0.25) is 0 Å². The number of rotatable bonds is 3. The second-order valence-electron chi connectivity index (χ2n) is 8.16. The second-order valence-corrected chi connectivity index (χ2v) is 8.16. The van der Waals surface area contributed by atoms with Crippen LogP contribution in [0.1, 0.15) is 26.4 Å². The van der Waals surface area contributed by atoms with Crippen molar-refractivity contribution in [3.05, 3.63) is 65.5 Å². The van der Waals surface area contributed by atoms with Crippen molar-refractivity contribution in [1.82, 2.24) is 24.6 Å². The molecule has 9 nitrogen and oxygen atoms in total. The topological polar surface area (TPSA) is 99.1 Å². The maximum Gasteiger partial charge on any atom is 0.273 e. The van der Waals surface area contributed by atoms with Gasteiger partial charge in [0.1, 0.15) is 17.2 Å². The van der Waals surface area contributed by atoms with E-state index in [1.165, 1.54) is 0 Å². The first-order valence-electron chi connectivity index (χ1n) is 10.6. The number of anilines is 3. The van der Waals surface area contributed by atoms with E-state index in [0.717, 1.165) is 54.1 Å². The number of carbonyl (C=O) groups excluding carboxylic acids is 2. The first kappa shape index (κ1) is 18.6. The first-order valence-corrected chi connectivity index (χ1v) is 10.6. The normalized spacial score (nSPS) is 15.2. The fraction of sp³-hybridized carbons (Fsp3) is 0.217. The van der Waals surface area contributed by atoms with Crippen LogP contribution in [0.15, 0.2) is 48.7 Å². The molecule has 2 amide bonds. The summed E-state index contributed by atoms with van der Waals surface area (Å²) >= 11 is 0. The van der Waals surface area contributed by atoms with Crippen LogP contribution in [0.3, 0.4) is 0 Å². The molecule has 6 rings (SSSR count). The Morgan fingerprint density at radius 1 is 1.12 bits per heavy atom. The highest BCUT2D eigenvalue weighted by Gasteiger charge is 2.27.